The van der Waals surface area contributed by atoms with E-state index in [1.54, 1.807) is 0 Å². The number of para-hydroxylation sites is 2. The number of fused-ring (bicyclic) bond motifs is 3. The van der Waals surface area contributed by atoms with Crippen molar-refractivity contribution < 1.29 is 8.83 Å². The third kappa shape index (κ3) is 4.89. The highest BCUT2D eigenvalue weighted by Crippen LogP contribution is 2.37. The van der Waals surface area contributed by atoms with Crippen LogP contribution >= 0.6 is 0 Å². The standard InChI is InChI=1S/C33H32N2O2/c1-2-3-4-5-6-7-8-13-23-18-21-31-29(22-23)35-33(37-31)27-20-19-26(24-14-9-10-15-25(24)27)32-34-28-16-11-12-17-30(28)36-32/h9-12,14-22H,2-8,13H2,1H3. The van der Waals surface area contributed by atoms with E-state index in [1.165, 1.54) is 50.5 Å². The lowest BCUT2D eigenvalue weighted by Gasteiger charge is -2.07. The van der Waals surface area contributed by atoms with Crippen LogP contribution in [-0.2, 0) is 6.42 Å². The maximum absolute atomic E-state index is 6.24. The molecule has 0 aliphatic carbocycles. The molecule has 186 valence electrons. The van der Waals surface area contributed by atoms with Crippen LogP contribution in [0.5, 0.6) is 0 Å². The van der Waals surface area contributed by atoms with Crippen molar-refractivity contribution in [3.05, 3.63) is 84.4 Å². The lowest BCUT2D eigenvalue weighted by atomic mass is 9.99. The van der Waals surface area contributed by atoms with E-state index in [4.69, 9.17) is 18.8 Å². The first-order chi connectivity index (χ1) is 18.3. The van der Waals surface area contributed by atoms with Gasteiger partial charge in [0.1, 0.15) is 11.0 Å². The van der Waals surface area contributed by atoms with Crippen LogP contribution in [0, 0.1) is 0 Å². The van der Waals surface area contributed by atoms with Crippen molar-refractivity contribution in [3.8, 4) is 22.9 Å². The van der Waals surface area contributed by atoms with E-state index < -0.39 is 0 Å². The van der Waals surface area contributed by atoms with Crippen molar-refractivity contribution in [3.63, 3.8) is 0 Å². The highest BCUT2D eigenvalue weighted by molar-refractivity contribution is 6.03. The van der Waals surface area contributed by atoms with Crippen LogP contribution in [0.25, 0.3) is 55.9 Å². The fourth-order valence-corrected chi connectivity index (χ4v) is 5.19. The molecule has 0 bridgehead atoms. The molecule has 2 aromatic heterocycles. The molecule has 0 atom stereocenters. The van der Waals surface area contributed by atoms with Crippen molar-refractivity contribution >= 4 is 33.0 Å². The van der Waals surface area contributed by atoms with E-state index in [-0.39, 0.29) is 0 Å². The first-order valence-corrected chi connectivity index (χ1v) is 13.6. The maximum atomic E-state index is 6.24. The summed E-state index contributed by atoms with van der Waals surface area (Å²) in [6.07, 6.45) is 10.3. The molecule has 0 radical (unpaired) electrons. The molecule has 0 spiro atoms. The molecule has 37 heavy (non-hydrogen) atoms. The Morgan fingerprint density at radius 3 is 1.86 bits per heavy atom. The highest BCUT2D eigenvalue weighted by atomic mass is 16.4. The van der Waals surface area contributed by atoms with E-state index in [0.717, 1.165) is 50.5 Å². The molecule has 6 rings (SSSR count). The molecule has 4 heteroatoms. The molecule has 0 fully saturated rings. The topological polar surface area (TPSA) is 52.1 Å². The lowest BCUT2D eigenvalue weighted by molar-refractivity contribution is 0.589. The Kier molecular flexibility index (Phi) is 6.72. The predicted octanol–water partition coefficient (Wildman–Crippen LogP) is 9.75. The van der Waals surface area contributed by atoms with Crippen LogP contribution in [0.15, 0.2) is 87.7 Å². The molecular formula is C33H32N2O2. The third-order valence-corrected chi connectivity index (χ3v) is 7.20. The summed E-state index contributed by atoms with van der Waals surface area (Å²) in [7, 11) is 0. The molecule has 0 saturated heterocycles. The molecule has 0 aliphatic rings. The number of benzene rings is 4. The number of rotatable bonds is 10. The van der Waals surface area contributed by atoms with Gasteiger partial charge in [0, 0.05) is 11.1 Å². The summed E-state index contributed by atoms with van der Waals surface area (Å²) in [6, 6.07) is 26.7. The van der Waals surface area contributed by atoms with Gasteiger partial charge >= 0.3 is 0 Å². The predicted molar refractivity (Wildman–Crippen MR) is 152 cm³/mol. The fraction of sp³-hybridized carbons (Fsp3) is 0.273. The Labute approximate surface area is 217 Å². The van der Waals surface area contributed by atoms with Crippen molar-refractivity contribution in [2.45, 2.75) is 58.3 Å². The van der Waals surface area contributed by atoms with Gasteiger partial charge in [0.15, 0.2) is 11.2 Å². The molecule has 0 saturated carbocycles. The number of aromatic nitrogens is 2. The number of nitrogens with zero attached hydrogens (tertiary/aromatic N) is 2. The molecule has 4 nitrogen and oxygen atoms in total. The van der Waals surface area contributed by atoms with E-state index in [1.807, 2.05) is 36.4 Å². The van der Waals surface area contributed by atoms with Gasteiger partial charge in [-0.05, 0) is 65.6 Å². The Hall–Kier alpha value is -3.92. The number of oxazole rings is 2. The second-order valence-corrected chi connectivity index (χ2v) is 9.89. The van der Waals surface area contributed by atoms with Crippen LogP contribution in [0.2, 0.25) is 0 Å². The van der Waals surface area contributed by atoms with Crippen molar-refractivity contribution in [1.29, 1.82) is 0 Å². The van der Waals surface area contributed by atoms with Crippen molar-refractivity contribution in [1.82, 2.24) is 9.97 Å². The summed E-state index contributed by atoms with van der Waals surface area (Å²) >= 11 is 0. The van der Waals surface area contributed by atoms with Crippen LogP contribution in [0.1, 0.15) is 57.4 Å². The Morgan fingerprint density at radius 1 is 0.568 bits per heavy atom. The lowest BCUT2D eigenvalue weighted by Crippen LogP contribution is -1.87. The first-order valence-electron chi connectivity index (χ1n) is 13.6. The average Bonchev–Trinajstić information content (AvgIpc) is 3.56. The van der Waals surface area contributed by atoms with E-state index in [9.17, 15) is 0 Å². The highest BCUT2D eigenvalue weighted by Gasteiger charge is 2.17. The molecule has 6 aromatic rings. The van der Waals surface area contributed by atoms with Crippen LogP contribution in [-0.4, -0.2) is 9.97 Å². The summed E-state index contributed by atoms with van der Waals surface area (Å²) in [4.78, 5) is 9.63. The van der Waals surface area contributed by atoms with Gasteiger partial charge in [-0.3, -0.25) is 0 Å². The zero-order valence-electron chi connectivity index (χ0n) is 21.4. The molecular weight excluding hydrogens is 456 g/mol. The summed E-state index contributed by atoms with van der Waals surface area (Å²) in [5.41, 5.74) is 6.66. The number of unbranched alkanes of at least 4 members (excludes halogenated alkanes) is 6. The molecule has 0 aliphatic heterocycles. The summed E-state index contributed by atoms with van der Waals surface area (Å²) in [5.74, 6) is 1.26. The van der Waals surface area contributed by atoms with E-state index in [2.05, 4.69) is 49.4 Å². The van der Waals surface area contributed by atoms with Crippen molar-refractivity contribution in [2.75, 3.05) is 0 Å². The molecule has 0 amide bonds. The van der Waals surface area contributed by atoms with E-state index >= 15 is 0 Å². The van der Waals surface area contributed by atoms with Gasteiger partial charge in [0.05, 0.1) is 0 Å². The largest absolute Gasteiger partial charge is 0.436 e. The fourth-order valence-electron chi connectivity index (χ4n) is 5.19. The van der Waals surface area contributed by atoms with Crippen LogP contribution in [0.4, 0.5) is 0 Å². The number of hydrogen-bond acceptors (Lipinski definition) is 4. The molecule has 2 heterocycles. The van der Waals surface area contributed by atoms with Gasteiger partial charge in [0.2, 0.25) is 11.8 Å². The normalized spacial score (nSPS) is 11.7. The molecule has 0 N–H and O–H groups in total. The minimum atomic E-state index is 0.622. The number of aryl methyl sites for hydroxylation is 1. The SMILES string of the molecule is CCCCCCCCCc1ccc2oc(-c3ccc(-c4nc5ccccc5o4)c4ccccc34)nc2c1. The van der Waals surface area contributed by atoms with Gasteiger partial charge < -0.3 is 8.83 Å². The quantitative estimate of drug-likeness (QED) is 0.180. The molecule has 4 aromatic carbocycles. The van der Waals surface area contributed by atoms with Gasteiger partial charge in [-0.25, -0.2) is 9.97 Å². The van der Waals surface area contributed by atoms with E-state index in [0.29, 0.717) is 11.8 Å². The Bertz CT molecular complexity index is 1630. The number of hydrogen-bond donors (Lipinski definition) is 0. The third-order valence-electron chi connectivity index (χ3n) is 7.20. The second kappa shape index (κ2) is 10.6. The molecule has 0 unspecified atom stereocenters. The zero-order valence-corrected chi connectivity index (χ0v) is 21.4. The van der Waals surface area contributed by atoms with Crippen molar-refractivity contribution in [2.24, 2.45) is 0 Å². The summed E-state index contributed by atoms with van der Waals surface area (Å²) < 4.78 is 12.3. The second-order valence-electron chi connectivity index (χ2n) is 9.89. The van der Waals surface area contributed by atoms with Gasteiger partial charge in [-0.2, -0.15) is 0 Å². The van der Waals surface area contributed by atoms with Gasteiger partial charge in [-0.15, -0.1) is 0 Å². The maximum Gasteiger partial charge on any atom is 0.227 e. The Morgan fingerprint density at radius 2 is 1.16 bits per heavy atom. The minimum Gasteiger partial charge on any atom is -0.436 e. The zero-order chi connectivity index (χ0) is 25.0. The monoisotopic (exact) mass is 488 g/mol. The smallest absolute Gasteiger partial charge is 0.227 e. The minimum absolute atomic E-state index is 0.622. The summed E-state index contributed by atoms with van der Waals surface area (Å²) in [6.45, 7) is 2.27. The van der Waals surface area contributed by atoms with Gasteiger partial charge in [0.25, 0.3) is 0 Å². The summed E-state index contributed by atoms with van der Waals surface area (Å²) in [5, 5.41) is 2.13. The Balaban J connectivity index is 1.27. The first kappa shape index (κ1) is 23.5. The van der Waals surface area contributed by atoms with Crippen LogP contribution in [0.3, 0.4) is 0 Å². The average molecular weight is 489 g/mol. The van der Waals surface area contributed by atoms with Gasteiger partial charge in [-0.1, -0.05) is 87.9 Å². The van der Waals surface area contributed by atoms with Crippen LogP contribution < -0.4 is 0 Å².